The summed E-state index contributed by atoms with van der Waals surface area (Å²) in [5.41, 5.74) is 3.16. The molecule has 1 aromatic heterocycles. The van der Waals surface area contributed by atoms with Gasteiger partial charge in [-0.25, -0.2) is 4.90 Å². The van der Waals surface area contributed by atoms with Gasteiger partial charge in [0.25, 0.3) is 11.8 Å². The van der Waals surface area contributed by atoms with Crippen LogP contribution < -0.4 is 9.64 Å². The van der Waals surface area contributed by atoms with E-state index in [2.05, 4.69) is 4.98 Å². The number of imide groups is 1. The number of hydrogen-bond acceptors (Lipinski definition) is 3. The summed E-state index contributed by atoms with van der Waals surface area (Å²) in [6.45, 7) is 1.85. The Balaban J connectivity index is 1.90. The fourth-order valence-corrected chi connectivity index (χ4v) is 3.12. The van der Waals surface area contributed by atoms with Crippen molar-refractivity contribution < 1.29 is 14.3 Å². The Labute approximate surface area is 132 Å². The Morgan fingerprint density at radius 3 is 2.39 bits per heavy atom. The largest absolute Gasteiger partial charge is 0.497 e. The van der Waals surface area contributed by atoms with Crippen LogP contribution in [0.15, 0.2) is 42.6 Å². The third-order valence-electron chi connectivity index (χ3n) is 4.22. The number of benzene rings is 2. The number of ether oxygens (including phenoxy) is 1. The van der Waals surface area contributed by atoms with Crippen LogP contribution in [0.2, 0.25) is 0 Å². The van der Waals surface area contributed by atoms with E-state index >= 15 is 0 Å². The van der Waals surface area contributed by atoms with E-state index in [-0.39, 0.29) is 11.8 Å². The Bertz CT molecular complexity index is 954. The molecule has 114 valence electrons. The van der Waals surface area contributed by atoms with E-state index in [1.54, 1.807) is 37.6 Å². The standard InChI is InChI=1S/C18H14N2O3/c1-10-9-14-13(7-8-19-14)16-15(10)17(21)20(18(16)22)11-3-5-12(23-2)6-4-11/h3-9,19H,1-2H3. The molecule has 0 spiro atoms. The second kappa shape index (κ2) is 4.71. The van der Waals surface area contributed by atoms with E-state index in [1.807, 2.05) is 19.1 Å². The number of nitrogens with one attached hydrogen (secondary N) is 1. The van der Waals surface area contributed by atoms with Crippen LogP contribution in [-0.4, -0.2) is 23.9 Å². The average Bonchev–Trinajstić information content (AvgIpc) is 3.11. The number of aromatic amines is 1. The quantitative estimate of drug-likeness (QED) is 0.739. The molecule has 3 aromatic rings. The molecule has 2 amide bonds. The maximum absolute atomic E-state index is 12.9. The third kappa shape index (κ3) is 1.80. The molecule has 0 atom stereocenters. The lowest BCUT2D eigenvalue weighted by Gasteiger charge is -2.14. The summed E-state index contributed by atoms with van der Waals surface area (Å²) in [7, 11) is 1.57. The second-order valence-electron chi connectivity index (χ2n) is 5.53. The maximum atomic E-state index is 12.9. The molecule has 0 saturated heterocycles. The van der Waals surface area contributed by atoms with Crippen molar-refractivity contribution in [2.24, 2.45) is 0 Å². The summed E-state index contributed by atoms with van der Waals surface area (Å²) in [4.78, 5) is 30.0. The minimum Gasteiger partial charge on any atom is -0.497 e. The van der Waals surface area contributed by atoms with E-state index in [4.69, 9.17) is 4.74 Å². The maximum Gasteiger partial charge on any atom is 0.266 e. The Morgan fingerprint density at radius 2 is 1.70 bits per heavy atom. The van der Waals surface area contributed by atoms with Crippen molar-refractivity contribution in [3.63, 3.8) is 0 Å². The molecule has 1 aliphatic rings. The van der Waals surface area contributed by atoms with Gasteiger partial charge >= 0.3 is 0 Å². The van der Waals surface area contributed by atoms with Gasteiger partial charge in [0.2, 0.25) is 0 Å². The van der Waals surface area contributed by atoms with Gasteiger partial charge in [-0.2, -0.15) is 0 Å². The predicted octanol–water partition coefficient (Wildman–Crippen LogP) is 3.29. The second-order valence-corrected chi connectivity index (χ2v) is 5.53. The number of anilines is 1. The molecule has 0 aliphatic carbocycles. The van der Waals surface area contributed by atoms with Gasteiger partial charge < -0.3 is 9.72 Å². The van der Waals surface area contributed by atoms with E-state index in [0.717, 1.165) is 16.5 Å². The van der Waals surface area contributed by atoms with Crippen LogP contribution in [0.4, 0.5) is 5.69 Å². The van der Waals surface area contributed by atoms with Crippen molar-refractivity contribution >= 4 is 28.4 Å². The number of hydrogen-bond donors (Lipinski definition) is 1. The lowest BCUT2D eigenvalue weighted by molar-refractivity contribution is 0.0926. The minimum atomic E-state index is -0.288. The van der Waals surface area contributed by atoms with Gasteiger partial charge in [0.1, 0.15) is 5.75 Å². The Kier molecular flexibility index (Phi) is 2.78. The minimum absolute atomic E-state index is 0.282. The number of carbonyl (C=O) groups excluding carboxylic acids is 2. The molecule has 0 unspecified atom stereocenters. The molecule has 1 N–H and O–H groups in total. The van der Waals surface area contributed by atoms with Crippen molar-refractivity contribution in [3.05, 3.63) is 59.3 Å². The number of H-pyrrole nitrogens is 1. The van der Waals surface area contributed by atoms with Gasteiger partial charge in [-0.15, -0.1) is 0 Å². The van der Waals surface area contributed by atoms with Crippen LogP contribution in [0, 0.1) is 6.92 Å². The van der Waals surface area contributed by atoms with Crippen molar-refractivity contribution in [2.45, 2.75) is 6.92 Å². The summed E-state index contributed by atoms with van der Waals surface area (Å²) >= 11 is 0. The molecular formula is C18H14N2O3. The first-order valence-electron chi connectivity index (χ1n) is 7.25. The van der Waals surface area contributed by atoms with Gasteiger partial charge in [0.05, 0.1) is 23.9 Å². The smallest absolute Gasteiger partial charge is 0.266 e. The highest BCUT2D eigenvalue weighted by atomic mass is 16.5. The molecule has 2 heterocycles. The van der Waals surface area contributed by atoms with Crippen molar-refractivity contribution in [1.29, 1.82) is 0 Å². The van der Waals surface area contributed by atoms with Gasteiger partial charge in [-0.05, 0) is 48.9 Å². The fourth-order valence-electron chi connectivity index (χ4n) is 3.12. The number of aryl methyl sites for hydroxylation is 1. The van der Waals surface area contributed by atoms with Gasteiger partial charge in [-0.3, -0.25) is 9.59 Å². The van der Waals surface area contributed by atoms with Crippen LogP contribution in [0.5, 0.6) is 5.75 Å². The van der Waals surface area contributed by atoms with Crippen LogP contribution in [0.1, 0.15) is 26.3 Å². The normalized spacial score (nSPS) is 13.7. The van der Waals surface area contributed by atoms with E-state index in [0.29, 0.717) is 22.6 Å². The Hall–Kier alpha value is -3.08. The number of amides is 2. The van der Waals surface area contributed by atoms with Crippen LogP contribution >= 0.6 is 0 Å². The molecule has 0 saturated carbocycles. The van der Waals surface area contributed by atoms with Crippen molar-refractivity contribution in [2.75, 3.05) is 12.0 Å². The highest BCUT2D eigenvalue weighted by Crippen LogP contribution is 2.35. The number of methoxy groups -OCH3 is 1. The number of aromatic nitrogens is 1. The van der Waals surface area contributed by atoms with Crippen molar-refractivity contribution in [1.82, 2.24) is 4.98 Å². The van der Waals surface area contributed by atoms with Gasteiger partial charge in [0.15, 0.2) is 0 Å². The summed E-state index contributed by atoms with van der Waals surface area (Å²) < 4.78 is 5.12. The van der Waals surface area contributed by atoms with E-state index in [9.17, 15) is 9.59 Å². The van der Waals surface area contributed by atoms with Gasteiger partial charge in [0, 0.05) is 17.1 Å². The molecule has 4 rings (SSSR count). The number of rotatable bonds is 2. The molecule has 23 heavy (non-hydrogen) atoms. The fraction of sp³-hybridized carbons (Fsp3) is 0.111. The molecular weight excluding hydrogens is 292 g/mol. The first kappa shape index (κ1) is 13.6. The molecule has 0 radical (unpaired) electrons. The zero-order valence-electron chi connectivity index (χ0n) is 12.7. The summed E-state index contributed by atoms with van der Waals surface area (Å²) in [5.74, 6) is 0.105. The monoisotopic (exact) mass is 306 g/mol. The summed E-state index contributed by atoms with van der Waals surface area (Å²) in [6, 6.07) is 10.6. The summed E-state index contributed by atoms with van der Waals surface area (Å²) in [5, 5.41) is 0.778. The predicted molar refractivity (Wildman–Crippen MR) is 87.2 cm³/mol. The molecule has 0 fully saturated rings. The summed E-state index contributed by atoms with van der Waals surface area (Å²) in [6.07, 6.45) is 1.78. The number of nitrogens with zero attached hydrogens (tertiary/aromatic N) is 1. The molecule has 5 nitrogen and oxygen atoms in total. The zero-order valence-corrected chi connectivity index (χ0v) is 12.7. The molecule has 0 bridgehead atoms. The topological polar surface area (TPSA) is 62.4 Å². The van der Waals surface area contributed by atoms with Crippen LogP contribution in [0.3, 0.4) is 0 Å². The molecule has 2 aromatic carbocycles. The first-order chi connectivity index (χ1) is 11.1. The van der Waals surface area contributed by atoms with Gasteiger partial charge in [-0.1, -0.05) is 0 Å². The zero-order chi connectivity index (χ0) is 16.1. The lowest BCUT2D eigenvalue weighted by Crippen LogP contribution is -2.29. The third-order valence-corrected chi connectivity index (χ3v) is 4.22. The molecule has 1 aliphatic heterocycles. The average molecular weight is 306 g/mol. The lowest BCUT2D eigenvalue weighted by atomic mass is 10.00. The highest BCUT2D eigenvalue weighted by Gasteiger charge is 2.39. The molecule has 5 heteroatoms. The number of carbonyl (C=O) groups is 2. The highest BCUT2D eigenvalue weighted by molar-refractivity contribution is 6.38. The van der Waals surface area contributed by atoms with E-state index < -0.39 is 0 Å². The van der Waals surface area contributed by atoms with E-state index in [1.165, 1.54) is 4.90 Å². The van der Waals surface area contributed by atoms with Crippen LogP contribution in [-0.2, 0) is 0 Å². The Morgan fingerprint density at radius 1 is 1.00 bits per heavy atom. The van der Waals surface area contributed by atoms with Crippen LogP contribution in [0.25, 0.3) is 10.9 Å². The van der Waals surface area contributed by atoms with Crippen molar-refractivity contribution in [3.8, 4) is 5.75 Å². The first-order valence-corrected chi connectivity index (χ1v) is 7.25. The SMILES string of the molecule is COc1ccc(N2C(=O)c3c(C)cc4[nH]ccc4c3C2=O)cc1. The number of fused-ring (bicyclic) bond motifs is 3.